The zero-order valence-electron chi connectivity index (χ0n) is 10.7. The predicted octanol–water partition coefficient (Wildman–Crippen LogP) is 2.87. The topological polar surface area (TPSA) is 59.8 Å². The van der Waals surface area contributed by atoms with Gasteiger partial charge in [0.1, 0.15) is 5.82 Å². The van der Waals surface area contributed by atoms with Crippen molar-refractivity contribution < 1.29 is 4.79 Å². The van der Waals surface area contributed by atoms with E-state index in [2.05, 4.69) is 15.4 Å². The van der Waals surface area contributed by atoms with Crippen molar-refractivity contribution in [3.63, 3.8) is 0 Å². The van der Waals surface area contributed by atoms with Crippen LogP contribution in [0.5, 0.6) is 0 Å². The fraction of sp³-hybridized carbons (Fsp3) is 0.0714. The van der Waals surface area contributed by atoms with E-state index < -0.39 is 0 Å². The normalized spacial score (nSPS) is 10.7. The third-order valence-corrected chi connectivity index (χ3v) is 3.17. The number of fused-ring (bicyclic) bond motifs is 1. The molecule has 3 rings (SSSR count). The molecule has 3 aromatic rings. The minimum atomic E-state index is -0.309. The van der Waals surface area contributed by atoms with Crippen molar-refractivity contribution in [2.24, 2.45) is 7.05 Å². The van der Waals surface area contributed by atoms with Crippen LogP contribution in [0.3, 0.4) is 0 Å². The summed E-state index contributed by atoms with van der Waals surface area (Å²) < 4.78 is 1.68. The number of para-hydroxylation sites is 1. The van der Waals surface area contributed by atoms with Crippen molar-refractivity contribution in [2.45, 2.75) is 0 Å². The number of nitrogens with zero attached hydrogens (tertiary/aromatic N) is 3. The fourth-order valence-corrected chi connectivity index (χ4v) is 2.19. The van der Waals surface area contributed by atoms with Crippen LogP contribution in [0, 0.1) is 0 Å². The van der Waals surface area contributed by atoms with Crippen LogP contribution in [0.2, 0.25) is 5.02 Å². The Morgan fingerprint density at radius 3 is 2.90 bits per heavy atom. The monoisotopic (exact) mass is 286 g/mol. The number of pyridine rings is 1. The van der Waals surface area contributed by atoms with Crippen LogP contribution in [0.4, 0.5) is 5.82 Å². The van der Waals surface area contributed by atoms with Gasteiger partial charge in [0.15, 0.2) is 5.69 Å². The molecule has 6 heteroatoms. The molecular weight excluding hydrogens is 276 g/mol. The second-order valence-electron chi connectivity index (χ2n) is 4.30. The lowest BCUT2D eigenvalue weighted by Gasteiger charge is -2.02. The molecule has 100 valence electrons. The Balaban J connectivity index is 1.97. The Hall–Kier alpha value is -2.40. The van der Waals surface area contributed by atoms with Gasteiger partial charge in [0.25, 0.3) is 5.91 Å². The highest BCUT2D eigenvalue weighted by atomic mass is 35.5. The van der Waals surface area contributed by atoms with Crippen LogP contribution in [-0.4, -0.2) is 20.7 Å². The van der Waals surface area contributed by atoms with Gasteiger partial charge in [-0.25, -0.2) is 4.98 Å². The molecule has 0 bridgehead atoms. The van der Waals surface area contributed by atoms with Gasteiger partial charge < -0.3 is 5.32 Å². The first kappa shape index (κ1) is 12.6. The van der Waals surface area contributed by atoms with E-state index in [-0.39, 0.29) is 5.91 Å². The number of halogens is 1. The molecule has 2 aromatic heterocycles. The molecule has 1 aromatic carbocycles. The zero-order valence-corrected chi connectivity index (χ0v) is 11.4. The first-order valence-corrected chi connectivity index (χ1v) is 6.37. The molecule has 20 heavy (non-hydrogen) atoms. The van der Waals surface area contributed by atoms with Gasteiger partial charge in [0, 0.05) is 23.7 Å². The largest absolute Gasteiger partial charge is 0.305 e. The van der Waals surface area contributed by atoms with Crippen LogP contribution in [-0.2, 0) is 7.05 Å². The first-order valence-electron chi connectivity index (χ1n) is 6.00. The van der Waals surface area contributed by atoms with Crippen LogP contribution in [0.25, 0.3) is 10.9 Å². The highest BCUT2D eigenvalue weighted by molar-refractivity contribution is 6.30. The molecule has 0 fully saturated rings. The smallest absolute Gasteiger partial charge is 0.277 e. The number of amides is 1. The van der Waals surface area contributed by atoms with Crippen LogP contribution < -0.4 is 5.32 Å². The molecule has 0 saturated heterocycles. The standard InChI is InChI=1S/C14H11ClN4O/c1-19-11-5-3-2-4-10(11)13(18-19)14(20)17-12-8-9(15)6-7-16-12/h2-8H,1H3,(H,16,17,20). The number of nitrogens with one attached hydrogen (secondary N) is 1. The highest BCUT2D eigenvalue weighted by Crippen LogP contribution is 2.19. The van der Waals surface area contributed by atoms with Gasteiger partial charge in [-0.1, -0.05) is 29.8 Å². The van der Waals surface area contributed by atoms with Crippen molar-refractivity contribution >= 4 is 34.2 Å². The summed E-state index contributed by atoms with van der Waals surface area (Å²) in [6.07, 6.45) is 1.54. The minimum Gasteiger partial charge on any atom is -0.305 e. The van der Waals surface area contributed by atoms with Crippen molar-refractivity contribution in [2.75, 3.05) is 5.32 Å². The summed E-state index contributed by atoms with van der Waals surface area (Å²) in [6.45, 7) is 0. The van der Waals surface area contributed by atoms with E-state index in [1.807, 2.05) is 24.3 Å². The van der Waals surface area contributed by atoms with Crippen molar-refractivity contribution in [3.8, 4) is 0 Å². The molecule has 0 aliphatic heterocycles. The quantitative estimate of drug-likeness (QED) is 0.788. The van der Waals surface area contributed by atoms with E-state index in [0.29, 0.717) is 16.5 Å². The third kappa shape index (κ3) is 2.23. The highest BCUT2D eigenvalue weighted by Gasteiger charge is 2.16. The lowest BCUT2D eigenvalue weighted by Crippen LogP contribution is -2.14. The van der Waals surface area contributed by atoms with E-state index in [9.17, 15) is 4.79 Å². The van der Waals surface area contributed by atoms with Gasteiger partial charge in [-0.2, -0.15) is 5.10 Å². The van der Waals surface area contributed by atoms with Gasteiger partial charge in [0.2, 0.25) is 0 Å². The molecule has 0 spiro atoms. The predicted molar refractivity (Wildman–Crippen MR) is 77.9 cm³/mol. The van der Waals surface area contributed by atoms with E-state index in [4.69, 9.17) is 11.6 Å². The average molecular weight is 287 g/mol. The SMILES string of the molecule is Cn1nc(C(=O)Nc2cc(Cl)ccn2)c2ccccc21. The lowest BCUT2D eigenvalue weighted by molar-refractivity contribution is 0.102. The number of carbonyl (C=O) groups is 1. The molecule has 0 atom stereocenters. The summed E-state index contributed by atoms with van der Waals surface area (Å²) in [5, 5.41) is 8.26. The van der Waals surface area contributed by atoms with Gasteiger partial charge in [-0.15, -0.1) is 0 Å². The molecule has 0 aliphatic carbocycles. The summed E-state index contributed by atoms with van der Waals surface area (Å²) in [5.41, 5.74) is 1.27. The maximum absolute atomic E-state index is 12.3. The number of aryl methyl sites for hydroxylation is 1. The summed E-state index contributed by atoms with van der Waals surface area (Å²) in [7, 11) is 1.80. The second-order valence-corrected chi connectivity index (χ2v) is 4.74. The van der Waals surface area contributed by atoms with Crippen LogP contribution in [0.1, 0.15) is 10.5 Å². The summed E-state index contributed by atoms with van der Waals surface area (Å²) >= 11 is 5.86. The van der Waals surface area contributed by atoms with Crippen LogP contribution in [0.15, 0.2) is 42.6 Å². The number of benzene rings is 1. The van der Waals surface area contributed by atoms with Gasteiger partial charge in [-0.05, 0) is 18.2 Å². The Morgan fingerprint density at radius 2 is 2.10 bits per heavy atom. The van der Waals surface area contributed by atoms with Gasteiger partial charge in [-0.3, -0.25) is 9.48 Å². The maximum Gasteiger partial charge on any atom is 0.277 e. The van der Waals surface area contributed by atoms with E-state index in [0.717, 1.165) is 10.9 Å². The zero-order chi connectivity index (χ0) is 14.1. The van der Waals surface area contributed by atoms with Crippen molar-refractivity contribution in [3.05, 3.63) is 53.3 Å². The van der Waals surface area contributed by atoms with E-state index in [1.54, 1.807) is 23.9 Å². The molecule has 0 radical (unpaired) electrons. The summed E-state index contributed by atoms with van der Waals surface area (Å²) in [5.74, 6) is 0.0915. The van der Waals surface area contributed by atoms with Gasteiger partial charge >= 0.3 is 0 Å². The molecule has 0 aliphatic rings. The number of hydrogen-bond donors (Lipinski definition) is 1. The Labute approximate surface area is 120 Å². The Kier molecular flexibility index (Phi) is 3.12. The number of anilines is 1. The van der Waals surface area contributed by atoms with Crippen molar-refractivity contribution in [1.82, 2.24) is 14.8 Å². The molecule has 0 unspecified atom stereocenters. The number of hydrogen-bond acceptors (Lipinski definition) is 3. The molecule has 1 amide bonds. The molecule has 1 N–H and O–H groups in total. The molecule has 0 saturated carbocycles. The van der Waals surface area contributed by atoms with E-state index in [1.165, 1.54) is 6.20 Å². The Morgan fingerprint density at radius 1 is 1.30 bits per heavy atom. The lowest BCUT2D eigenvalue weighted by atomic mass is 10.2. The average Bonchev–Trinajstić information content (AvgIpc) is 2.77. The summed E-state index contributed by atoms with van der Waals surface area (Å²) in [6, 6.07) is 10.8. The number of rotatable bonds is 2. The van der Waals surface area contributed by atoms with Crippen molar-refractivity contribution in [1.29, 1.82) is 0 Å². The third-order valence-electron chi connectivity index (χ3n) is 2.94. The molecular formula is C14H11ClN4O. The minimum absolute atomic E-state index is 0.309. The first-order chi connectivity index (χ1) is 9.65. The van der Waals surface area contributed by atoms with Crippen LogP contribution >= 0.6 is 11.6 Å². The number of aromatic nitrogens is 3. The number of carbonyl (C=O) groups excluding carboxylic acids is 1. The fourth-order valence-electron chi connectivity index (χ4n) is 2.03. The van der Waals surface area contributed by atoms with Gasteiger partial charge in [0.05, 0.1) is 5.52 Å². The Bertz CT molecular complexity index is 797. The summed E-state index contributed by atoms with van der Waals surface area (Å²) in [4.78, 5) is 16.3. The van der Waals surface area contributed by atoms with E-state index >= 15 is 0 Å². The molecule has 5 nitrogen and oxygen atoms in total. The molecule has 2 heterocycles. The second kappa shape index (κ2) is 4.94. The maximum atomic E-state index is 12.3.